The number of hydrogen-bond donors (Lipinski definition) is 1. The van der Waals surface area contributed by atoms with Crippen LogP contribution in [0.5, 0.6) is 5.75 Å². The van der Waals surface area contributed by atoms with Crippen molar-refractivity contribution in [3.05, 3.63) is 136 Å². The zero-order valence-electron chi connectivity index (χ0n) is 22.6. The quantitative estimate of drug-likeness (QED) is 0.169. The highest BCUT2D eigenvalue weighted by Crippen LogP contribution is 2.38. The van der Waals surface area contributed by atoms with Gasteiger partial charge >= 0.3 is 11.9 Å². The molecule has 5 aromatic rings. The second-order valence-corrected chi connectivity index (χ2v) is 10.1. The van der Waals surface area contributed by atoms with Crippen LogP contribution in [0.25, 0.3) is 10.9 Å². The molecule has 0 aliphatic carbocycles. The molecular formula is C34H30ClNO5. The number of ether oxygens (including phenoxy) is 2. The lowest BCUT2D eigenvalue weighted by molar-refractivity contribution is -0.137. The Labute approximate surface area is 243 Å². The molecule has 5 rings (SSSR count). The normalized spacial score (nSPS) is 11.1. The Morgan fingerprint density at radius 3 is 2.07 bits per heavy atom. The number of esters is 1. The summed E-state index contributed by atoms with van der Waals surface area (Å²) in [4.78, 5) is 23.5. The highest BCUT2D eigenvalue weighted by Gasteiger charge is 2.26. The number of aromatic nitrogens is 1. The molecule has 0 unspecified atom stereocenters. The standard InChI is InChI=1S/C34H30ClNO5/c1-40-34(39)25-12-15-27(16-13-25)41-21-20-28-29-22-26(35)14-17-31(29)36(30(28)18-19-32(37)38)33(23-8-4-2-5-9-23)24-10-6-3-7-11-24/h2-17,22,33H,18-21H2,1H3,(H,37,38). The Kier molecular flexibility index (Phi) is 8.70. The largest absolute Gasteiger partial charge is 0.493 e. The molecule has 6 nitrogen and oxygen atoms in total. The molecule has 7 heteroatoms. The van der Waals surface area contributed by atoms with Crippen LogP contribution >= 0.6 is 11.6 Å². The third-order valence-electron chi connectivity index (χ3n) is 7.14. The van der Waals surface area contributed by atoms with Crippen LogP contribution < -0.4 is 4.74 Å². The van der Waals surface area contributed by atoms with Gasteiger partial charge in [0.15, 0.2) is 0 Å². The number of halogens is 1. The number of methoxy groups -OCH3 is 1. The topological polar surface area (TPSA) is 77.8 Å². The van der Waals surface area contributed by atoms with Crippen molar-refractivity contribution in [3.63, 3.8) is 0 Å². The summed E-state index contributed by atoms with van der Waals surface area (Å²) in [6.45, 7) is 0.352. The van der Waals surface area contributed by atoms with Crippen molar-refractivity contribution >= 4 is 34.4 Å². The van der Waals surface area contributed by atoms with Crippen LogP contribution in [-0.4, -0.2) is 35.3 Å². The van der Waals surface area contributed by atoms with Gasteiger partial charge in [0.05, 0.1) is 31.7 Å². The van der Waals surface area contributed by atoms with Crippen LogP contribution in [0.4, 0.5) is 0 Å². The van der Waals surface area contributed by atoms with E-state index < -0.39 is 11.9 Å². The molecule has 208 valence electrons. The molecule has 0 saturated heterocycles. The summed E-state index contributed by atoms with van der Waals surface area (Å²) in [5, 5.41) is 11.2. The minimum atomic E-state index is -0.858. The predicted octanol–water partition coefficient (Wildman–Crippen LogP) is 7.36. The minimum Gasteiger partial charge on any atom is -0.493 e. The Bertz CT molecular complexity index is 1610. The van der Waals surface area contributed by atoms with Crippen molar-refractivity contribution in [2.45, 2.75) is 25.3 Å². The molecule has 0 aliphatic heterocycles. The van der Waals surface area contributed by atoms with Crippen molar-refractivity contribution in [2.24, 2.45) is 0 Å². The minimum absolute atomic E-state index is 0.0107. The van der Waals surface area contributed by atoms with E-state index in [2.05, 4.69) is 28.8 Å². The smallest absolute Gasteiger partial charge is 0.337 e. The maximum Gasteiger partial charge on any atom is 0.337 e. The second kappa shape index (κ2) is 12.7. The van der Waals surface area contributed by atoms with Crippen molar-refractivity contribution in [3.8, 4) is 5.75 Å². The van der Waals surface area contributed by atoms with Gasteiger partial charge in [0.25, 0.3) is 0 Å². The number of hydrogen-bond acceptors (Lipinski definition) is 4. The van der Waals surface area contributed by atoms with Gasteiger partial charge < -0.3 is 19.1 Å². The number of carboxylic acids is 1. The fourth-order valence-electron chi connectivity index (χ4n) is 5.31. The lowest BCUT2D eigenvalue weighted by atomic mass is 9.97. The number of carbonyl (C=O) groups is 2. The third kappa shape index (κ3) is 6.28. The van der Waals surface area contributed by atoms with Crippen LogP contribution in [-0.2, 0) is 22.4 Å². The summed E-state index contributed by atoms with van der Waals surface area (Å²) in [5.41, 5.74) is 5.55. The zero-order valence-corrected chi connectivity index (χ0v) is 23.4. The highest BCUT2D eigenvalue weighted by atomic mass is 35.5. The summed E-state index contributed by atoms with van der Waals surface area (Å²) < 4.78 is 13.1. The van der Waals surface area contributed by atoms with Crippen molar-refractivity contribution in [2.75, 3.05) is 13.7 Å². The summed E-state index contributed by atoms with van der Waals surface area (Å²) >= 11 is 6.50. The molecule has 4 aromatic carbocycles. The van der Waals surface area contributed by atoms with Crippen molar-refractivity contribution < 1.29 is 24.2 Å². The number of nitrogens with zero attached hydrogens (tertiary/aromatic N) is 1. The molecule has 1 aromatic heterocycles. The molecular weight excluding hydrogens is 538 g/mol. The number of aliphatic carboxylic acids is 1. The van der Waals surface area contributed by atoms with Crippen LogP contribution in [0, 0.1) is 0 Å². The first kappa shape index (κ1) is 28.0. The van der Waals surface area contributed by atoms with Gasteiger partial charge in [0.1, 0.15) is 5.75 Å². The van der Waals surface area contributed by atoms with Crippen LogP contribution in [0.3, 0.4) is 0 Å². The SMILES string of the molecule is COC(=O)c1ccc(OCCc2c(CCC(=O)O)n(C(c3ccccc3)c3ccccc3)c3ccc(Cl)cc23)cc1. The molecule has 0 amide bonds. The van der Waals surface area contributed by atoms with E-state index >= 15 is 0 Å². The van der Waals surface area contributed by atoms with E-state index in [1.54, 1.807) is 24.3 Å². The van der Waals surface area contributed by atoms with Gasteiger partial charge in [-0.1, -0.05) is 72.3 Å². The van der Waals surface area contributed by atoms with Crippen LogP contribution in [0.15, 0.2) is 103 Å². The average molecular weight is 568 g/mol. The number of carboxylic acid groups (broad SMARTS) is 1. The van der Waals surface area contributed by atoms with Gasteiger partial charge in [-0.3, -0.25) is 4.79 Å². The first-order valence-corrected chi connectivity index (χ1v) is 13.8. The molecule has 1 heterocycles. The number of carbonyl (C=O) groups excluding carboxylic acids is 1. The van der Waals surface area contributed by atoms with Crippen molar-refractivity contribution in [1.82, 2.24) is 4.57 Å². The number of benzene rings is 4. The van der Waals surface area contributed by atoms with Gasteiger partial charge in [-0.2, -0.15) is 0 Å². The molecule has 1 N–H and O–H groups in total. The number of rotatable bonds is 11. The fraction of sp³-hybridized carbons (Fsp3) is 0.176. The monoisotopic (exact) mass is 567 g/mol. The van der Waals surface area contributed by atoms with Crippen LogP contribution in [0.2, 0.25) is 5.02 Å². The van der Waals surface area contributed by atoms with E-state index in [9.17, 15) is 14.7 Å². The fourth-order valence-corrected chi connectivity index (χ4v) is 5.49. The van der Waals surface area contributed by atoms with Gasteiger partial charge in [0, 0.05) is 28.0 Å². The molecule has 0 bridgehead atoms. The second-order valence-electron chi connectivity index (χ2n) is 9.69. The third-order valence-corrected chi connectivity index (χ3v) is 7.38. The maximum atomic E-state index is 11.8. The lowest BCUT2D eigenvalue weighted by Gasteiger charge is -2.25. The van der Waals surface area contributed by atoms with E-state index in [-0.39, 0.29) is 12.5 Å². The van der Waals surface area contributed by atoms with Crippen molar-refractivity contribution in [1.29, 1.82) is 0 Å². The van der Waals surface area contributed by atoms with Gasteiger partial charge in [0.2, 0.25) is 0 Å². The summed E-state index contributed by atoms with van der Waals surface area (Å²) in [6, 6.07) is 32.9. The molecule has 0 fully saturated rings. The van der Waals surface area contributed by atoms with Gasteiger partial charge in [-0.25, -0.2) is 4.79 Å². The Morgan fingerprint density at radius 1 is 0.854 bits per heavy atom. The Hall–Kier alpha value is -4.55. The summed E-state index contributed by atoms with van der Waals surface area (Å²) in [7, 11) is 1.34. The molecule has 41 heavy (non-hydrogen) atoms. The van der Waals surface area contributed by atoms with E-state index in [1.165, 1.54) is 7.11 Å². The molecule has 0 atom stereocenters. The van der Waals surface area contributed by atoms with Crippen LogP contribution in [0.1, 0.15) is 45.2 Å². The Morgan fingerprint density at radius 2 is 1.49 bits per heavy atom. The zero-order chi connectivity index (χ0) is 28.8. The Balaban J connectivity index is 1.59. The molecule has 0 radical (unpaired) electrons. The maximum absolute atomic E-state index is 11.8. The first-order valence-electron chi connectivity index (χ1n) is 13.4. The summed E-state index contributed by atoms with van der Waals surface area (Å²) in [5.74, 6) is -0.641. The van der Waals surface area contributed by atoms with Gasteiger partial charge in [-0.15, -0.1) is 0 Å². The predicted molar refractivity (Wildman–Crippen MR) is 160 cm³/mol. The average Bonchev–Trinajstić information content (AvgIpc) is 3.29. The van der Waals surface area contributed by atoms with E-state index in [1.807, 2.05) is 54.6 Å². The molecule has 0 spiro atoms. The highest BCUT2D eigenvalue weighted by molar-refractivity contribution is 6.31. The van der Waals surface area contributed by atoms with Gasteiger partial charge in [-0.05, 0) is 65.6 Å². The molecule has 0 aliphatic rings. The van der Waals surface area contributed by atoms with E-state index in [0.717, 1.165) is 33.3 Å². The van der Waals surface area contributed by atoms with E-state index in [4.69, 9.17) is 21.1 Å². The first-order chi connectivity index (χ1) is 20.0. The summed E-state index contributed by atoms with van der Waals surface area (Å²) in [6.07, 6.45) is 0.873. The number of fused-ring (bicyclic) bond motifs is 1. The molecule has 0 saturated carbocycles. The van der Waals surface area contributed by atoms with E-state index in [0.29, 0.717) is 35.8 Å². The lowest BCUT2D eigenvalue weighted by Crippen LogP contribution is -2.17.